The molecular weight excluding hydrogens is 246 g/mol. The molecule has 2 aromatic rings. The van der Waals surface area contributed by atoms with Gasteiger partial charge in [-0.05, 0) is 12.1 Å². The van der Waals surface area contributed by atoms with Crippen LogP contribution in [0.15, 0.2) is 29.8 Å². The molecule has 0 aliphatic carbocycles. The smallest absolute Gasteiger partial charge is 0.251 e. The van der Waals surface area contributed by atoms with Gasteiger partial charge in [-0.25, -0.2) is 13.8 Å². The number of nitrogens with one attached hydrogen (secondary N) is 1. The van der Waals surface area contributed by atoms with Gasteiger partial charge >= 0.3 is 0 Å². The van der Waals surface area contributed by atoms with Crippen molar-refractivity contribution < 1.29 is 13.6 Å². The average Bonchev–Trinajstić information content (AvgIpc) is 2.77. The highest BCUT2D eigenvalue weighted by Gasteiger charge is 2.09. The summed E-state index contributed by atoms with van der Waals surface area (Å²) < 4.78 is 25.7. The average molecular weight is 254 g/mol. The molecule has 17 heavy (non-hydrogen) atoms. The Labute approximate surface area is 100 Å². The molecule has 0 spiro atoms. The van der Waals surface area contributed by atoms with Crippen molar-refractivity contribution >= 4 is 17.2 Å². The number of halogens is 2. The first-order valence-electron chi connectivity index (χ1n) is 4.78. The lowest BCUT2D eigenvalue weighted by Crippen LogP contribution is -2.22. The maximum Gasteiger partial charge on any atom is 0.251 e. The van der Waals surface area contributed by atoms with Gasteiger partial charge in [0.2, 0.25) is 0 Å². The molecule has 0 saturated heterocycles. The van der Waals surface area contributed by atoms with Crippen LogP contribution >= 0.6 is 11.3 Å². The van der Waals surface area contributed by atoms with Gasteiger partial charge in [0.1, 0.15) is 16.6 Å². The van der Waals surface area contributed by atoms with Crippen LogP contribution in [0.3, 0.4) is 0 Å². The minimum Gasteiger partial charge on any atom is -0.346 e. The molecule has 6 heteroatoms. The summed E-state index contributed by atoms with van der Waals surface area (Å²) in [6.45, 7) is 0.245. The van der Waals surface area contributed by atoms with Crippen molar-refractivity contribution in [3.05, 3.63) is 52.0 Å². The standard InChI is InChI=1S/C11H8F2N2OS/c12-8-3-7(4-9(13)5-8)11(16)15-6-10-14-1-2-17-10/h1-5H,6H2,(H,15,16). The van der Waals surface area contributed by atoms with Gasteiger partial charge in [-0.2, -0.15) is 0 Å². The molecule has 88 valence electrons. The largest absolute Gasteiger partial charge is 0.346 e. The Morgan fingerprint density at radius 3 is 2.59 bits per heavy atom. The van der Waals surface area contributed by atoms with E-state index in [-0.39, 0.29) is 12.1 Å². The van der Waals surface area contributed by atoms with E-state index in [4.69, 9.17) is 0 Å². The van der Waals surface area contributed by atoms with Crippen molar-refractivity contribution in [3.63, 3.8) is 0 Å². The fourth-order valence-electron chi connectivity index (χ4n) is 1.28. The lowest BCUT2D eigenvalue weighted by molar-refractivity contribution is 0.0950. The molecular formula is C11H8F2N2OS. The zero-order chi connectivity index (χ0) is 12.3. The number of carbonyl (C=O) groups excluding carboxylic acids is 1. The normalized spacial score (nSPS) is 10.2. The lowest BCUT2D eigenvalue weighted by atomic mass is 10.2. The second-order valence-corrected chi connectivity index (χ2v) is 4.25. The number of rotatable bonds is 3. The van der Waals surface area contributed by atoms with Gasteiger partial charge in [0.15, 0.2) is 0 Å². The summed E-state index contributed by atoms with van der Waals surface area (Å²) in [5, 5.41) is 5.04. The van der Waals surface area contributed by atoms with Gasteiger partial charge < -0.3 is 5.32 Å². The Bertz CT molecular complexity index is 508. The molecule has 0 bridgehead atoms. The highest BCUT2D eigenvalue weighted by molar-refractivity contribution is 7.09. The quantitative estimate of drug-likeness (QED) is 0.913. The van der Waals surface area contributed by atoms with Crippen LogP contribution < -0.4 is 5.32 Å². The van der Waals surface area contributed by atoms with Crippen LogP contribution in [0, 0.1) is 11.6 Å². The SMILES string of the molecule is O=C(NCc1nccs1)c1cc(F)cc(F)c1. The van der Waals surface area contributed by atoms with Crippen molar-refractivity contribution in [2.24, 2.45) is 0 Å². The molecule has 1 aromatic heterocycles. The van der Waals surface area contributed by atoms with Crippen molar-refractivity contribution in [2.75, 3.05) is 0 Å². The van der Waals surface area contributed by atoms with E-state index < -0.39 is 17.5 Å². The van der Waals surface area contributed by atoms with Gasteiger partial charge in [-0.1, -0.05) is 0 Å². The van der Waals surface area contributed by atoms with E-state index in [1.165, 1.54) is 11.3 Å². The Morgan fingerprint density at radius 2 is 2.00 bits per heavy atom. The van der Waals surface area contributed by atoms with E-state index >= 15 is 0 Å². The molecule has 1 aromatic carbocycles. The summed E-state index contributed by atoms with van der Waals surface area (Å²) in [4.78, 5) is 15.5. The van der Waals surface area contributed by atoms with Crippen molar-refractivity contribution in [1.29, 1.82) is 0 Å². The number of thiazole rings is 1. The summed E-state index contributed by atoms with van der Waals surface area (Å²) in [5.74, 6) is -2.08. The predicted molar refractivity (Wildman–Crippen MR) is 59.6 cm³/mol. The lowest BCUT2D eigenvalue weighted by Gasteiger charge is -2.03. The van der Waals surface area contributed by atoms with Crippen LogP contribution in [0.5, 0.6) is 0 Å². The van der Waals surface area contributed by atoms with Gasteiger partial charge in [0.05, 0.1) is 6.54 Å². The predicted octanol–water partition coefficient (Wildman–Crippen LogP) is 2.35. The fourth-order valence-corrected chi connectivity index (χ4v) is 1.84. The van der Waals surface area contributed by atoms with Crippen LogP contribution in [0.1, 0.15) is 15.4 Å². The van der Waals surface area contributed by atoms with Crippen LogP contribution in [-0.4, -0.2) is 10.9 Å². The maximum atomic E-state index is 12.9. The van der Waals surface area contributed by atoms with Gasteiger partial charge in [-0.15, -0.1) is 11.3 Å². The number of carbonyl (C=O) groups is 1. The molecule has 1 N–H and O–H groups in total. The third-order valence-electron chi connectivity index (χ3n) is 2.01. The molecule has 0 saturated carbocycles. The first kappa shape index (κ1) is 11.7. The summed E-state index contributed by atoms with van der Waals surface area (Å²) >= 11 is 1.39. The van der Waals surface area contributed by atoms with E-state index in [9.17, 15) is 13.6 Å². The van der Waals surface area contributed by atoms with Gasteiger partial charge in [-0.3, -0.25) is 4.79 Å². The van der Waals surface area contributed by atoms with Crippen molar-refractivity contribution in [2.45, 2.75) is 6.54 Å². The molecule has 0 atom stereocenters. The third kappa shape index (κ3) is 3.07. The number of hydrogen-bond donors (Lipinski definition) is 1. The zero-order valence-electron chi connectivity index (χ0n) is 8.61. The monoisotopic (exact) mass is 254 g/mol. The topological polar surface area (TPSA) is 42.0 Å². The Morgan fingerprint density at radius 1 is 1.29 bits per heavy atom. The first-order valence-corrected chi connectivity index (χ1v) is 5.66. The van der Waals surface area contributed by atoms with Crippen LogP contribution in [0.2, 0.25) is 0 Å². The Kier molecular flexibility index (Phi) is 3.43. The number of nitrogens with zero attached hydrogens (tertiary/aromatic N) is 1. The second kappa shape index (κ2) is 5.01. The highest BCUT2D eigenvalue weighted by Crippen LogP contribution is 2.08. The maximum absolute atomic E-state index is 12.9. The third-order valence-corrected chi connectivity index (χ3v) is 2.79. The molecule has 0 unspecified atom stereocenters. The number of hydrogen-bond acceptors (Lipinski definition) is 3. The van der Waals surface area contributed by atoms with Crippen LogP contribution in [0.25, 0.3) is 0 Å². The molecule has 1 amide bonds. The highest BCUT2D eigenvalue weighted by atomic mass is 32.1. The fraction of sp³-hybridized carbons (Fsp3) is 0.0909. The van der Waals surface area contributed by atoms with Crippen molar-refractivity contribution in [1.82, 2.24) is 10.3 Å². The molecule has 0 radical (unpaired) electrons. The summed E-state index contributed by atoms with van der Waals surface area (Å²) in [6.07, 6.45) is 1.62. The van der Waals surface area contributed by atoms with E-state index in [2.05, 4.69) is 10.3 Å². The van der Waals surface area contributed by atoms with Crippen LogP contribution in [0.4, 0.5) is 8.78 Å². The van der Waals surface area contributed by atoms with E-state index in [0.717, 1.165) is 23.2 Å². The first-order chi connectivity index (χ1) is 8.15. The van der Waals surface area contributed by atoms with E-state index in [1.807, 2.05) is 0 Å². The minimum absolute atomic E-state index is 0.0425. The molecule has 2 rings (SSSR count). The minimum atomic E-state index is -0.774. The summed E-state index contributed by atoms with van der Waals surface area (Å²) in [5.41, 5.74) is -0.0425. The van der Waals surface area contributed by atoms with Crippen LogP contribution in [-0.2, 0) is 6.54 Å². The molecule has 0 fully saturated rings. The number of benzene rings is 1. The Balaban J connectivity index is 2.04. The molecule has 0 aliphatic rings. The van der Waals surface area contributed by atoms with E-state index in [0.29, 0.717) is 0 Å². The summed E-state index contributed by atoms with van der Waals surface area (Å²) in [7, 11) is 0. The summed E-state index contributed by atoms with van der Waals surface area (Å²) in [6, 6.07) is 2.69. The second-order valence-electron chi connectivity index (χ2n) is 3.27. The molecule has 3 nitrogen and oxygen atoms in total. The molecule has 0 aliphatic heterocycles. The number of aromatic nitrogens is 1. The van der Waals surface area contributed by atoms with Crippen molar-refractivity contribution in [3.8, 4) is 0 Å². The van der Waals surface area contributed by atoms with Gasteiger partial charge in [0.25, 0.3) is 5.91 Å². The van der Waals surface area contributed by atoms with Gasteiger partial charge in [0, 0.05) is 23.2 Å². The molecule has 1 heterocycles. The number of amides is 1. The zero-order valence-corrected chi connectivity index (χ0v) is 9.43. The Hall–Kier alpha value is -1.82. The van der Waals surface area contributed by atoms with E-state index in [1.54, 1.807) is 11.6 Å².